The summed E-state index contributed by atoms with van der Waals surface area (Å²) in [5, 5.41) is 5.82. The first-order chi connectivity index (χ1) is 8.95. The normalized spacial score (nSPS) is 10.5. The molecule has 2 aromatic rings. The van der Waals surface area contributed by atoms with Crippen molar-refractivity contribution < 1.29 is 4.79 Å². The van der Waals surface area contributed by atoms with E-state index in [4.69, 9.17) is 0 Å². The van der Waals surface area contributed by atoms with Crippen molar-refractivity contribution >= 4 is 22.9 Å². The van der Waals surface area contributed by atoms with Gasteiger partial charge in [0.1, 0.15) is 0 Å². The molecule has 0 radical (unpaired) electrons. The van der Waals surface area contributed by atoms with E-state index < -0.39 is 0 Å². The highest BCUT2D eigenvalue weighted by molar-refractivity contribution is 7.09. The van der Waals surface area contributed by atoms with Crippen molar-refractivity contribution in [3.05, 3.63) is 39.1 Å². The highest BCUT2D eigenvalue weighted by Crippen LogP contribution is 2.19. The third-order valence-corrected chi connectivity index (χ3v) is 3.62. The molecule has 1 N–H and O–H groups in total. The summed E-state index contributed by atoms with van der Waals surface area (Å²) < 4.78 is 0. The van der Waals surface area contributed by atoms with Gasteiger partial charge < -0.3 is 5.32 Å². The van der Waals surface area contributed by atoms with E-state index in [0.29, 0.717) is 6.42 Å². The Morgan fingerprint density at radius 3 is 2.58 bits per heavy atom. The Balaban J connectivity index is 2.11. The van der Waals surface area contributed by atoms with Gasteiger partial charge in [-0.1, -0.05) is 0 Å². The summed E-state index contributed by atoms with van der Waals surface area (Å²) in [7, 11) is 0. The smallest absolute Gasteiger partial charge is 0.230 e. The summed E-state index contributed by atoms with van der Waals surface area (Å²) in [5.74, 6) is -0.0536. The van der Waals surface area contributed by atoms with Crippen LogP contribution in [0.3, 0.4) is 0 Å². The molecule has 0 aromatic carbocycles. The molecule has 2 heterocycles. The Labute approximate surface area is 116 Å². The zero-order valence-electron chi connectivity index (χ0n) is 11.6. The number of carbonyl (C=O) groups is 1. The van der Waals surface area contributed by atoms with E-state index in [0.717, 1.165) is 33.3 Å². The van der Waals surface area contributed by atoms with Crippen LogP contribution in [0.15, 0.2) is 11.4 Å². The van der Waals surface area contributed by atoms with Gasteiger partial charge >= 0.3 is 0 Å². The van der Waals surface area contributed by atoms with Crippen LogP contribution in [0.5, 0.6) is 0 Å². The number of hydrogen-bond acceptors (Lipinski definition) is 4. The Hall–Kier alpha value is -1.75. The summed E-state index contributed by atoms with van der Waals surface area (Å²) >= 11 is 1.56. The van der Waals surface area contributed by atoms with E-state index in [1.807, 2.05) is 39.1 Å². The average molecular weight is 275 g/mol. The molecule has 0 bridgehead atoms. The van der Waals surface area contributed by atoms with Gasteiger partial charge in [-0.15, -0.1) is 11.3 Å². The number of aromatic nitrogens is 2. The number of aryl methyl sites for hydroxylation is 4. The lowest BCUT2D eigenvalue weighted by Crippen LogP contribution is -2.17. The molecule has 2 aromatic heterocycles. The van der Waals surface area contributed by atoms with Crippen LogP contribution in [0.1, 0.15) is 27.7 Å². The number of rotatable bonds is 3. The van der Waals surface area contributed by atoms with Gasteiger partial charge in [-0.05, 0) is 39.3 Å². The molecule has 0 aliphatic rings. The van der Waals surface area contributed by atoms with Crippen LogP contribution >= 0.6 is 11.3 Å². The second-order valence-corrected chi connectivity index (χ2v) is 5.69. The van der Waals surface area contributed by atoms with Crippen molar-refractivity contribution in [3.8, 4) is 0 Å². The lowest BCUT2D eigenvalue weighted by Gasteiger charge is -2.11. The average Bonchev–Trinajstić information content (AvgIpc) is 2.69. The zero-order valence-corrected chi connectivity index (χ0v) is 12.4. The molecule has 0 unspecified atom stereocenters. The molecular weight excluding hydrogens is 258 g/mol. The van der Waals surface area contributed by atoms with Gasteiger partial charge in [0.2, 0.25) is 5.91 Å². The lowest BCUT2D eigenvalue weighted by atomic mass is 10.1. The van der Waals surface area contributed by atoms with E-state index in [2.05, 4.69) is 15.3 Å². The van der Waals surface area contributed by atoms with Crippen molar-refractivity contribution in [1.29, 1.82) is 0 Å². The summed E-state index contributed by atoms with van der Waals surface area (Å²) in [5.41, 5.74) is 4.47. The molecule has 0 atom stereocenters. The molecule has 2 rings (SSSR count). The largest absolute Gasteiger partial charge is 0.324 e. The highest BCUT2D eigenvalue weighted by atomic mass is 32.1. The van der Waals surface area contributed by atoms with Crippen molar-refractivity contribution in [3.63, 3.8) is 0 Å². The fourth-order valence-electron chi connectivity index (χ4n) is 2.05. The van der Waals surface area contributed by atoms with Crippen LogP contribution < -0.4 is 5.32 Å². The predicted octanol–water partition coefficient (Wildman–Crippen LogP) is 2.95. The van der Waals surface area contributed by atoms with E-state index in [9.17, 15) is 4.79 Å². The third kappa shape index (κ3) is 3.38. The zero-order chi connectivity index (χ0) is 14.0. The number of thiazole rings is 1. The maximum absolute atomic E-state index is 12.0. The molecule has 4 nitrogen and oxygen atoms in total. The Kier molecular flexibility index (Phi) is 3.95. The Morgan fingerprint density at radius 1 is 1.26 bits per heavy atom. The van der Waals surface area contributed by atoms with E-state index in [1.54, 1.807) is 11.3 Å². The van der Waals surface area contributed by atoms with Gasteiger partial charge in [0, 0.05) is 11.1 Å². The molecule has 100 valence electrons. The first-order valence-electron chi connectivity index (χ1n) is 6.11. The molecule has 0 spiro atoms. The standard InChI is InChI=1S/C14H17N3OS/c1-8-5-9(2)15-10(3)14(8)17-13(18)6-12-7-19-11(4)16-12/h5,7H,6H2,1-4H3,(H,17,18). The summed E-state index contributed by atoms with van der Waals surface area (Å²) in [6, 6.07) is 1.97. The van der Waals surface area contributed by atoms with E-state index >= 15 is 0 Å². The van der Waals surface area contributed by atoms with Crippen molar-refractivity contribution in [2.75, 3.05) is 5.32 Å². The number of amides is 1. The maximum atomic E-state index is 12.0. The maximum Gasteiger partial charge on any atom is 0.230 e. The van der Waals surface area contributed by atoms with Crippen molar-refractivity contribution in [2.24, 2.45) is 0 Å². The first kappa shape index (κ1) is 13.7. The molecule has 0 aliphatic carbocycles. The van der Waals surface area contributed by atoms with Crippen LogP contribution in [-0.2, 0) is 11.2 Å². The van der Waals surface area contributed by atoms with Crippen molar-refractivity contribution in [1.82, 2.24) is 9.97 Å². The van der Waals surface area contributed by atoms with Crippen LogP contribution in [0.25, 0.3) is 0 Å². The SMILES string of the molecule is Cc1cc(C)c(NC(=O)Cc2csc(C)n2)c(C)n1. The van der Waals surface area contributed by atoms with Gasteiger partial charge in [-0.25, -0.2) is 4.98 Å². The molecule has 0 saturated heterocycles. The third-order valence-electron chi connectivity index (χ3n) is 2.80. The minimum atomic E-state index is -0.0536. The number of pyridine rings is 1. The van der Waals surface area contributed by atoms with Gasteiger partial charge in [0.15, 0.2) is 0 Å². The minimum absolute atomic E-state index is 0.0536. The minimum Gasteiger partial charge on any atom is -0.324 e. The summed E-state index contributed by atoms with van der Waals surface area (Å²) in [6.45, 7) is 7.76. The van der Waals surface area contributed by atoms with Gasteiger partial charge in [0.25, 0.3) is 0 Å². The van der Waals surface area contributed by atoms with Gasteiger partial charge in [-0.3, -0.25) is 9.78 Å². The number of hydrogen-bond donors (Lipinski definition) is 1. The fraction of sp³-hybridized carbons (Fsp3) is 0.357. The van der Waals surface area contributed by atoms with Crippen LogP contribution in [0.4, 0.5) is 5.69 Å². The molecule has 1 amide bonds. The predicted molar refractivity (Wildman–Crippen MR) is 77.6 cm³/mol. The van der Waals surface area contributed by atoms with Crippen LogP contribution in [0.2, 0.25) is 0 Å². The van der Waals surface area contributed by atoms with Gasteiger partial charge in [-0.2, -0.15) is 0 Å². The number of anilines is 1. The second kappa shape index (κ2) is 5.48. The number of nitrogens with one attached hydrogen (secondary N) is 1. The molecular formula is C14H17N3OS. The molecule has 0 saturated carbocycles. The monoisotopic (exact) mass is 275 g/mol. The summed E-state index contributed by atoms with van der Waals surface area (Å²) in [4.78, 5) is 20.7. The Morgan fingerprint density at radius 2 is 2.00 bits per heavy atom. The Bertz CT molecular complexity index is 596. The highest BCUT2D eigenvalue weighted by Gasteiger charge is 2.11. The van der Waals surface area contributed by atoms with Crippen molar-refractivity contribution in [2.45, 2.75) is 34.1 Å². The quantitative estimate of drug-likeness (QED) is 0.937. The van der Waals surface area contributed by atoms with Crippen LogP contribution in [0, 0.1) is 27.7 Å². The fourth-order valence-corrected chi connectivity index (χ4v) is 2.66. The van der Waals surface area contributed by atoms with Gasteiger partial charge in [0.05, 0.1) is 28.5 Å². The molecule has 5 heteroatoms. The number of nitrogens with zero attached hydrogens (tertiary/aromatic N) is 2. The first-order valence-corrected chi connectivity index (χ1v) is 6.99. The molecule has 19 heavy (non-hydrogen) atoms. The second-order valence-electron chi connectivity index (χ2n) is 4.62. The number of carbonyl (C=O) groups excluding carboxylic acids is 1. The van der Waals surface area contributed by atoms with Crippen LogP contribution in [-0.4, -0.2) is 15.9 Å². The van der Waals surface area contributed by atoms with E-state index in [-0.39, 0.29) is 5.91 Å². The summed E-state index contributed by atoms with van der Waals surface area (Å²) in [6.07, 6.45) is 0.303. The molecule has 0 fully saturated rings. The topological polar surface area (TPSA) is 54.9 Å². The van der Waals surface area contributed by atoms with E-state index in [1.165, 1.54) is 0 Å². The lowest BCUT2D eigenvalue weighted by molar-refractivity contribution is -0.115. The molecule has 0 aliphatic heterocycles.